The van der Waals surface area contributed by atoms with Crippen LogP contribution in [0.5, 0.6) is 0 Å². The summed E-state index contributed by atoms with van der Waals surface area (Å²) in [5.41, 5.74) is 3.67. The number of para-hydroxylation sites is 1. The van der Waals surface area contributed by atoms with Crippen molar-refractivity contribution in [2.24, 2.45) is 0 Å². The lowest BCUT2D eigenvalue weighted by molar-refractivity contribution is -0.116. The number of aromatic nitrogens is 3. The normalized spacial score (nSPS) is 10.6. The van der Waals surface area contributed by atoms with Crippen molar-refractivity contribution in [3.8, 4) is 11.4 Å². The van der Waals surface area contributed by atoms with E-state index in [1.807, 2.05) is 66.7 Å². The summed E-state index contributed by atoms with van der Waals surface area (Å²) in [5.74, 6) is 0.985. The molecule has 4 aromatic rings. The average Bonchev–Trinajstić information content (AvgIpc) is 3.24. The molecule has 0 atom stereocenters. The summed E-state index contributed by atoms with van der Waals surface area (Å²) in [4.78, 5) is 20.9. The Balaban J connectivity index is 1.42. The molecule has 0 saturated heterocycles. The van der Waals surface area contributed by atoms with Crippen LogP contribution < -0.4 is 5.32 Å². The first-order valence-corrected chi connectivity index (χ1v) is 9.42. The van der Waals surface area contributed by atoms with E-state index in [0.29, 0.717) is 31.0 Å². The van der Waals surface area contributed by atoms with E-state index in [1.165, 1.54) is 0 Å². The predicted octanol–water partition coefficient (Wildman–Crippen LogP) is 4.29. The SMILES string of the molecule is O=C(CCc1ccccc1)Nc1ccccc1Cc1nc(-c2ccncc2)no1. The van der Waals surface area contributed by atoms with Gasteiger partial charge in [-0.1, -0.05) is 53.7 Å². The fourth-order valence-corrected chi connectivity index (χ4v) is 3.02. The second kappa shape index (κ2) is 8.93. The van der Waals surface area contributed by atoms with Gasteiger partial charge in [0.05, 0.1) is 6.42 Å². The largest absolute Gasteiger partial charge is 0.339 e. The molecular formula is C23H20N4O2. The number of nitrogens with one attached hydrogen (secondary N) is 1. The molecular weight excluding hydrogens is 364 g/mol. The zero-order valence-electron chi connectivity index (χ0n) is 15.8. The predicted molar refractivity (Wildman–Crippen MR) is 110 cm³/mol. The Kier molecular flexibility index (Phi) is 5.71. The quantitative estimate of drug-likeness (QED) is 0.514. The number of hydrogen-bond donors (Lipinski definition) is 1. The second-order valence-corrected chi connectivity index (χ2v) is 6.62. The van der Waals surface area contributed by atoms with Gasteiger partial charge in [-0.05, 0) is 35.7 Å². The van der Waals surface area contributed by atoms with Gasteiger partial charge in [-0.25, -0.2) is 0 Å². The lowest BCUT2D eigenvalue weighted by atomic mass is 10.1. The van der Waals surface area contributed by atoms with Crippen LogP contribution in [-0.4, -0.2) is 21.0 Å². The molecule has 2 heterocycles. The Morgan fingerprint density at radius 3 is 2.52 bits per heavy atom. The van der Waals surface area contributed by atoms with Gasteiger partial charge in [0, 0.05) is 30.1 Å². The topological polar surface area (TPSA) is 80.9 Å². The molecule has 0 aliphatic carbocycles. The highest BCUT2D eigenvalue weighted by Crippen LogP contribution is 2.21. The van der Waals surface area contributed by atoms with Gasteiger partial charge in [0.15, 0.2) is 0 Å². The Morgan fingerprint density at radius 1 is 0.931 bits per heavy atom. The van der Waals surface area contributed by atoms with Crippen molar-refractivity contribution in [2.45, 2.75) is 19.3 Å². The summed E-state index contributed by atoms with van der Waals surface area (Å²) in [5, 5.41) is 7.04. The molecule has 4 rings (SSSR count). The molecule has 2 aromatic carbocycles. The molecule has 144 valence electrons. The monoisotopic (exact) mass is 384 g/mol. The molecule has 0 spiro atoms. The van der Waals surface area contributed by atoms with E-state index in [-0.39, 0.29) is 5.91 Å². The fraction of sp³-hybridized carbons (Fsp3) is 0.130. The maximum absolute atomic E-state index is 12.4. The summed E-state index contributed by atoms with van der Waals surface area (Å²) in [6.45, 7) is 0. The lowest BCUT2D eigenvalue weighted by Crippen LogP contribution is -2.13. The third-order valence-electron chi connectivity index (χ3n) is 4.52. The number of rotatable bonds is 7. The molecule has 0 saturated carbocycles. The van der Waals surface area contributed by atoms with Crippen molar-refractivity contribution in [2.75, 3.05) is 5.32 Å². The van der Waals surface area contributed by atoms with Crippen LogP contribution >= 0.6 is 0 Å². The molecule has 1 amide bonds. The lowest BCUT2D eigenvalue weighted by Gasteiger charge is -2.10. The van der Waals surface area contributed by atoms with Gasteiger partial charge in [0.2, 0.25) is 17.6 Å². The number of nitrogens with zero attached hydrogens (tertiary/aromatic N) is 3. The second-order valence-electron chi connectivity index (χ2n) is 6.62. The van der Waals surface area contributed by atoms with Crippen molar-refractivity contribution in [3.05, 3.63) is 96.1 Å². The molecule has 0 fully saturated rings. The maximum atomic E-state index is 12.4. The zero-order chi connectivity index (χ0) is 19.9. The smallest absolute Gasteiger partial charge is 0.231 e. The third kappa shape index (κ3) is 4.93. The number of pyridine rings is 1. The standard InChI is InChI=1S/C23H20N4O2/c28-21(11-10-17-6-2-1-3-7-17)25-20-9-5-4-8-19(20)16-22-26-23(27-29-22)18-12-14-24-15-13-18/h1-9,12-15H,10-11,16H2,(H,25,28). The van der Waals surface area contributed by atoms with E-state index in [4.69, 9.17) is 4.52 Å². The van der Waals surface area contributed by atoms with Crippen molar-refractivity contribution < 1.29 is 9.32 Å². The van der Waals surface area contributed by atoms with Gasteiger partial charge in [-0.3, -0.25) is 9.78 Å². The first kappa shape index (κ1) is 18.6. The van der Waals surface area contributed by atoms with Crippen LogP contribution in [0.15, 0.2) is 83.6 Å². The van der Waals surface area contributed by atoms with Crippen molar-refractivity contribution in [1.29, 1.82) is 0 Å². The molecule has 0 aliphatic heterocycles. The Bertz CT molecular complexity index is 1080. The van der Waals surface area contributed by atoms with Gasteiger partial charge < -0.3 is 9.84 Å². The number of carbonyl (C=O) groups is 1. The van der Waals surface area contributed by atoms with Crippen LogP contribution in [0.2, 0.25) is 0 Å². The summed E-state index contributed by atoms with van der Waals surface area (Å²) < 4.78 is 5.39. The fourth-order valence-electron chi connectivity index (χ4n) is 3.02. The van der Waals surface area contributed by atoms with Crippen LogP contribution in [0.3, 0.4) is 0 Å². The van der Waals surface area contributed by atoms with E-state index in [2.05, 4.69) is 20.4 Å². The van der Waals surface area contributed by atoms with Crippen LogP contribution in [-0.2, 0) is 17.6 Å². The molecule has 6 nitrogen and oxygen atoms in total. The van der Waals surface area contributed by atoms with E-state index in [1.54, 1.807) is 12.4 Å². The third-order valence-corrected chi connectivity index (χ3v) is 4.52. The van der Waals surface area contributed by atoms with Gasteiger partial charge in [0.25, 0.3) is 0 Å². The highest BCUT2D eigenvalue weighted by molar-refractivity contribution is 5.91. The molecule has 0 bridgehead atoms. The zero-order valence-corrected chi connectivity index (χ0v) is 15.8. The summed E-state index contributed by atoms with van der Waals surface area (Å²) in [6, 6.07) is 21.3. The number of anilines is 1. The highest BCUT2D eigenvalue weighted by Gasteiger charge is 2.13. The molecule has 0 unspecified atom stereocenters. The van der Waals surface area contributed by atoms with Gasteiger partial charge in [-0.15, -0.1) is 0 Å². The van der Waals surface area contributed by atoms with E-state index in [9.17, 15) is 4.79 Å². The van der Waals surface area contributed by atoms with Crippen molar-refractivity contribution in [3.63, 3.8) is 0 Å². The number of amides is 1. The van der Waals surface area contributed by atoms with Crippen LogP contribution in [0.25, 0.3) is 11.4 Å². The maximum Gasteiger partial charge on any atom is 0.231 e. The first-order valence-electron chi connectivity index (χ1n) is 9.42. The molecule has 1 N–H and O–H groups in total. The first-order chi connectivity index (χ1) is 14.3. The van der Waals surface area contributed by atoms with Gasteiger partial charge >= 0.3 is 0 Å². The average molecular weight is 384 g/mol. The van der Waals surface area contributed by atoms with Gasteiger partial charge in [0.1, 0.15) is 0 Å². The highest BCUT2D eigenvalue weighted by atomic mass is 16.5. The minimum Gasteiger partial charge on any atom is -0.339 e. The van der Waals surface area contributed by atoms with E-state index in [0.717, 1.165) is 22.4 Å². The molecule has 2 aromatic heterocycles. The molecule has 0 radical (unpaired) electrons. The summed E-state index contributed by atoms with van der Waals surface area (Å²) in [6.07, 6.45) is 4.93. The Morgan fingerprint density at radius 2 is 1.69 bits per heavy atom. The molecule has 0 aliphatic rings. The van der Waals surface area contributed by atoms with Crippen molar-refractivity contribution >= 4 is 11.6 Å². The number of hydrogen-bond acceptors (Lipinski definition) is 5. The number of benzene rings is 2. The number of carbonyl (C=O) groups excluding carboxylic acids is 1. The van der Waals surface area contributed by atoms with Gasteiger partial charge in [-0.2, -0.15) is 4.98 Å². The molecule has 29 heavy (non-hydrogen) atoms. The minimum absolute atomic E-state index is 0.0238. The van der Waals surface area contributed by atoms with Crippen LogP contribution in [0.1, 0.15) is 23.4 Å². The Labute approximate surface area is 168 Å². The van der Waals surface area contributed by atoms with E-state index < -0.39 is 0 Å². The molecule has 6 heteroatoms. The summed E-state index contributed by atoms with van der Waals surface area (Å²) >= 11 is 0. The number of aryl methyl sites for hydroxylation is 1. The minimum atomic E-state index is -0.0238. The van der Waals surface area contributed by atoms with Crippen LogP contribution in [0, 0.1) is 0 Å². The summed E-state index contributed by atoms with van der Waals surface area (Å²) in [7, 11) is 0. The van der Waals surface area contributed by atoms with Crippen molar-refractivity contribution in [1.82, 2.24) is 15.1 Å². The van der Waals surface area contributed by atoms with E-state index >= 15 is 0 Å². The van der Waals surface area contributed by atoms with Crippen LogP contribution in [0.4, 0.5) is 5.69 Å². The Hall–Kier alpha value is -3.80.